The molecule has 0 aliphatic heterocycles. The van der Waals surface area contributed by atoms with E-state index in [0.717, 1.165) is 0 Å². The number of nitrogens with two attached hydrogens (primary N) is 1. The van der Waals surface area contributed by atoms with Crippen molar-refractivity contribution in [3.05, 3.63) is 82.9 Å². The van der Waals surface area contributed by atoms with Crippen molar-refractivity contribution in [1.82, 2.24) is 4.98 Å². The number of nitrogen functional groups attached to an aromatic ring is 1. The summed E-state index contributed by atoms with van der Waals surface area (Å²) in [5.74, 6) is -1.03. The van der Waals surface area contributed by atoms with Crippen molar-refractivity contribution in [1.29, 1.82) is 0 Å². The largest absolute Gasteiger partial charge is 0.458 e. The molecule has 0 bridgehead atoms. The molecule has 0 aliphatic carbocycles. The lowest BCUT2D eigenvalue weighted by Gasteiger charge is -2.16. The van der Waals surface area contributed by atoms with Crippen molar-refractivity contribution < 1.29 is 19.1 Å². The van der Waals surface area contributed by atoms with Gasteiger partial charge < -0.3 is 15.2 Å². The molecule has 3 aromatic rings. The van der Waals surface area contributed by atoms with E-state index in [0.29, 0.717) is 22.0 Å². The Kier molecular flexibility index (Phi) is 5.60. The SMILES string of the molecule is Nc1nc([C@@H](COC(=O)c2ccccc2)OC(=O)c2ccccc2)cs1. The van der Waals surface area contributed by atoms with Crippen molar-refractivity contribution in [2.24, 2.45) is 0 Å². The molecule has 2 N–H and O–H groups in total. The molecular formula is C19H16N2O4S. The van der Waals surface area contributed by atoms with Gasteiger partial charge in [-0.15, -0.1) is 11.3 Å². The van der Waals surface area contributed by atoms with Crippen molar-refractivity contribution in [2.75, 3.05) is 12.3 Å². The molecule has 1 heterocycles. The minimum Gasteiger partial charge on any atom is -0.458 e. The predicted molar refractivity (Wildman–Crippen MR) is 97.8 cm³/mol. The second-order valence-electron chi connectivity index (χ2n) is 5.34. The summed E-state index contributed by atoms with van der Waals surface area (Å²) in [6, 6.07) is 17.1. The number of rotatable bonds is 6. The van der Waals surface area contributed by atoms with Crippen molar-refractivity contribution >= 4 is 28.4 Å². The summed E-state index contributed by atoms with van der Waals surface area (Å²) in [5, 5.41) is 2.02. The molecule has 0 spiro atoms. The number of thiazole rings is 1. The van der Waals surface area contributed by atoms with E-state index in [1.54, 1.807) is 66.0 Å². The van der Waals surface area contributed by atoms with Gasteiger partial charge in [0, 0.05) is 5.38 Å². The first-order valence-corrected chi connectivity index (χ1v) is 8.70. The fraction of sp³-hybridized carbons (Fsp3) is 0.105. The molecule has 0 aliphatic rings. The number of esters is 2. The van der Waals surface area contributed by atoms with Crippen LogP contribution in [0.25, 0.3) is 0 Å². The van der Waals surface area contributed by atoms with Crippen LogP contribution < -0.4 is 5.73 Å². The number of hydrogen-bond acceptors (Lipinski definition) is 7. The molecule has 132 valence electrons. The summed E-state index contributed by atoms with van der Waals surface area (Å²) in [6.07, 6.45) is -0.844. The molecule has 26 heavy (non-hydrogen) atoms. The van der Waals surface area contributed by atoms with Gasteiger partial charge in [-0.3, -0.25) is 0 Å². The third kappa shape index (κ3) is 4.46. The van der Waals surface area contributed by atoms with Crippen LogP contribution in [-0.4, -0.2) is 23.5 Å². The number of carbonyl (C=O) groups is 2. The summed E-state index contributed by atoms with van der Waals surface area (Å²) >= 11 is 1.22. The van der Waals surface area contributed by atoms with Gasteiger partial charge in [-0.2, -0.15) is 0 Å². The van der Waals surface area contributed by atoms with Crippen molar-refractivity contribution in [2.45, 2.75) is 6.10 Å². The second kappa shape index (κ2) is 8.26. The van der Waals surface area contributed by atoms with Gasteiger partial charge >= 0.3 is 11.9 Å². The van der Waals surface area contributed by atoms with E-state index in [1.807, 2.05) is 0 Å². The number of ether oxygens (including phenoxy) is 2. The molecule has 1 aromatic heterocycles. The first kappa shape index (κ1) is 17.6. The van der Waals surface area contributed by atoms with Gasteiger partial charge in [-0.25, -0.2) is 14.6 Å². The Morgan fingerprint density at radius 3 is 2.08 bits per heavy atom. The van der Waals surface area contributed by atoms with Crippen LogP contribution >= 0.6 is 11.3 Å². The molecule has 0 unspecified atom stereocenters. The third-order valence-corrected chi connectivity index (χ3v) is 4.20. The zero-order chi connectivity index (χ0) is 18.4. The first-order chi connectivity index (χ1) is 12.6. The number of carbonyl (C=O) groups excluding carboxylic acids is 2. The Morgan fingerprint density at radius 1 is 0.962 bits per heavy atom. The fourth-order valence-electron chi connectivity index (χ4n) is 2.21. The van der Waals surface area contributed by atoms with Gasteiger partial charge in [0.1, 0.15) is 6.61 Å². The monoisotopic (exact) mass is 368 g/mol. The van der Waals surface area contributed by atoms with Crippen LogP contribution in [0.2, 0.25) is 0 Å². The van der Waals surface area contributed by atoms with E-state index in [2.05, 4.69) is 4.98 Å². The third-order valence-electron chi connectivity index (χ3n) is 3.50. The molecule has 3 rings (SSSR count). The Balaban J connectivity index is 1.72. The fourth-order valence-corrected chi connectivity index (χ4v) is 2.81. The van der Waals surface area contributed by atoms with Crippen LogP contribution in [-0.2, 0) is 9.47 Å². The lowest BCUT2D eigenvalue weighted by Crippen LogP contribution is -2.19. The molecular weight excluding hydrogens is 352 g/mol. The number of aromatic nitrogens is 1. The minimum absolute atomic E-state index is 0.157. The van der Waals surface area contributed by atoms with Gasteiger partial charge in [0.25, 0.3) is 0 Å². The molecule has 0 fully saturated rings. The normalized spacial score (nSPS) is 11.5. The summed E-state index contributed by atoms with van der Waals surface area (Å²) < 4.78 is 10.8. The summed E-state index contributed by atoms with van der Waals surface area (Å²) in [7, 11) is 0. The van der Waals surface area contributed by atoms with Crippen molar-refractivity contribution in [3.8, 4) is 0 Å². The van der Waals surface area contributed by atoms with E-state index in [4.69, 9.17) is 15.2 Å². The van der Waals surface area contributed by atoms with Crippen LogP contribution in [0.15, 0.2) is 66.0 Å². The second-order valence-corrected chi connectivity index (χ2v) is 6.22. The average molecular weight is 368 g/mol. The van der Waals surface area contributed by atoms with Crippen LogP contribution in [0.1, 0.15) is 32.5 Å². The molecule has 0 amide bonds. The predicted octanol–water partition coefficient (Wildman–Crippen LogP) is 3.48. The molecule has 0 saturated heterocycles. The number of hydrogen-bond donors (Lipinski definition) is 1. The summed E-state index contributed by atoms with van der Waals surface area (Å²) in [4.78, 5) is 28.6. The zero-order valence-electron chi connectivity index (χ0n) is 13.7. The molecule has 6 nitrogen and oxygen atoms in total. The highest BCUT2D eigenvalue weighted by Gasteiger charge is 2.23. The molecule has 2 aromatic carbocycles. The maximum atomic E-state index is 12.3. The lowest BCUT2D eigenvalue weighted by molar-refractivity contribution is -0.00229. The van der Waals surface area contributed by atoms with Crippen LogP contribution in [0.4, 0.5) is 5.13 Å². The number of benzene rings is 2. The van der Waals surface area contributed by atoms with Gasteiger partial charge in [0.2, 0.25) is 0 Å². The van der Waals surface area contributed by atoms with E-state index < -0.39 is 18.0 Å². The smallest absolute Gasteiger partial charge is 0.338 e. The van der Waals surface area contributed by atoms with Crippen LogP contribution in [0.5, 0.6) is 0 Å². The van der Waals surface area contributed by atoms with Crippen molar-refractivity contribution in [3.63, 3.8) is 0 Å². The highest BCUT2D eigenvalue weighted by molar-refractivity contribution is 7.13. The summed E-state index contributed by atoms with van der Waals surface area (Å²) in [5.41, 5.74) is 6.92. The van der Waals surface area contributed by atoms with Gasteiger partial charge in [0.15, 0.2) is 11.2 Å². The average Bonchev–Trinajstić information content (AvgIpc) is 3.12. The zero-order valence-corrected chi connectivity index (χ0v) is 14.5. The van der Waals surface area contributed by atoms with Gasteiger partial charge in [-0.05, 0) is 24.3 Å². The van der Waals surface area contributed by atoms with Gasteiger partial charge in [-0.1, -0.05) is 36.4 Å². The molecule has 1 atom stereocenters. The highest BCUT2D eigenvalue weighted by atomic mass is 32.1. The molecule has 0 radical (unpaired) electrons. The topological polar surface area (TPSA) is 91.5 Å². The van der Waals surface area contributed by atoms with Gasteiger partial charge in [0.05, 0.1) is 16.8 Å². The van der Waals surface area contributed by atoms with E-state index >= 15 is 0 Å². The standard InChI is InChI=1S/C19H16N2O4S/c20-19-21-15(12-26-19)16(25-18(23)14-9-5-2-6-10-14)11-24-17(22)13-7-3-1-4-8-13/h1-10,12,16H,11H2,(H2,20,21)/t16-/m1/s1. The first-order valence-electron chi connectivity index (χ1n) is 7.82. The van der Waals surface area contributed by atoms with E-state index in [1.165, 1.54) is 11.3 Å². The summed E-state index contributed by atoms with van der Waals surface area (Å²) in [6.45, 7) is -0.157. The molecule has 0 saturated carbocycles. The van der Waals surface area contributed by atoms with Crippen LogP contribution in [0, 0.1) is 0 Å². The van der Waals surface area contributed by atoms with E-state index in [-0.39, 0.29) is 6.61 Å². The van der Waals surface area contributed by atoms with Crippen LogP contribution in [0.3, 0.4) is 0 Å². The molecule has 7 heteroatoms. The Bertz CT molecular complexity index is 881. The Morgan fingerprint density at radius 2 is 1.54 bits per heavy atom. The number of nitrogens with zero attached hydrogens (tertiary/aromatic N) is 1. The maximum Gasteiger partial charge on any atom is 0.338 e. The van der Waals surface area contributed by atoms with E-state index in [9.17, 15) is 9.59 Å². The Hall–Kier alpha value is -3.19. The quantitative estimate of drug-likeness (QED) is 0.670. The highest BCUT2D eigenvalue weighted by Crippen LogP contribution is 2.23. The lowest BCUT2D eigenvalue weighted by atomic mass is 10.2. The Labute approximate surface area is 154 Å². The number of anilines is 1. The maximum absolute atomic E-state index is 12.3. The minimum atomic E-state index is -0.844.